The van der Waals surface area contributed by atoms with Crippen molar-refractivity contribution in [3.05, 3.63) is 23.9 Å². The summed E-state index contributed by atoms with van der Waals surface area (Å²) in [6.45, 7) is 1.03. The fourth-order valence-corrected chi connectivity index (χ4v) is 1.92. The molecule has 16 heavy (non-hydrogen) atoms. The van der Waals surface area contributed by atoms with Gasteiger partial charge in [0.15, 0.2) is 0 Å². The summed E-state index contributed by atoms with van der Waals surface area (Å²) in [6.07, 6.45) is -0.408. The molecule has 2 heterocycles. The molecule has 0 aliphatic carbocycles. The number of hydrogen-bond donors (Lipinski definition) is 3. The summed E-state index contributed by atoms with van der Waals surface area (Å²) in [5.74, 6) is 0.441. The monoisotopic (exact) mass is 224 g/mol. The van der Waals surface area contributed by atoms with Crippen LogP contribution in [0.15, 0.2) is 18.2 Å². The van der Waals surface area contributed by atoms with Crippen molar-refractivity contribution in [2.75, 3.05) is 20.2 Å². The van der Waals surface area contributed by atoms with Crippen molar-refractivity contribution in [2.45, 2.75) is 18.1 Å². The molecule has 0 radical (unpaired) electrons. The summed E-state index contributed by atoms with van der Waals surface area (Å²) in [6, 6.07) is 5.17. The maximum atomic E-state index is 10.4. The van der Waals surface area contributed by atoms with E-state index in [0.29, 0.717) is 31.1 Å². The Bertz CT molecular complexity index is 372. The van der Waals surface area contributed by atoms with E-state index in [-0.39, 0.29) is 0 Å². The molecule has 2 rings (SSSR count). The molecular formula is C11H16N2O3. The largest absolute Gasteiger partial charge is 0.481 e. The summed E-state index contributed by atoms with van der Waals surface area (Å²) >= 11 is 0. The maximum absolute atomic E-state index is 10.4. The van der Waals surface area contributed by atoms with Gasteiger partial charge < -0.3 is 20.3 Å². The topological polar surface area (TPSA) is 74.6 Å². The molecule has 88 valence electrons. The summed E-state index contributed by atoms with van der Waals surface area (Å²) in [7, 11) is 1.52. The summed E-state index contributed by atoms with van der Waals surface area (Å²) in [5, 5.41) is 23.3. The molecule has 0 spiro atoms. The van der Waals surface area contributed by atoms with Gasteiger partial charge in [0.05, 0.1) is 12.8 Å². The predicted octanol–water partition coefficient (Wildman–Crippen LogP) is -0.368. The first kappa shape index (κ1) is 11.3. The third kappa shape index (κ3) is 1.89. The first-order valence-electron chi connectivity index (χ1n) is 5.29. The van der Waals surface area contributed by atoms with Gasteiger partial charge in [-0.15, -0.1) is 0 Å². The molecule has 0 amide bonds. The average molecular weight is 224 g/mol. The van der Waals surface area contributed by atoms with Gasteiger partial charge in [0, 0.05) is 12.6 Å². The SMILES string of the molecule is COc1cccc([C@@]2(O)CCNC[C@@H]2O)n1. The molecule has 2 atom stereocenters. The van der Waals surface area contributed by atoms with Crippen molar-refractivity contribution < 1.29 is 14.9 Å². The van der Waals surface area contributed by atoms with Crippen molar-refractivity contribution in [2.24, 2.45) is 0 Å². The van der Waals surface area contributed by atoms with Gasteiger partial charge in [-0.2, -0.15) is 0 Å². The third-order valence-corrected chi connectivity index (χ3v) is 2.95. The van der Waals surface area contributed by atoms with Crippen LogP contribution >= 0.6 is 0 Å². The quantitative estimate of drug-likeness (QED) is 0.639. The first-order chi connectivity index (χ1) is 7.66. The van der Waals surface area contributed by atoms with E-state index in [1.807, 2.05) is 0 Å². The molecule has 1 aromatic rings. The van der Waals surface area contributed by atoms with Crippen molar-refractivity contribution in [1.29, 1.82) is 0 Å². The Morgan fingerprint density at radius 2 is 2.38 bits per heavy atom. The number of pyridine rings is 1. The summed E-state index contributed by atoms with van der Waals surface area (Å²) in [4.78, 5) is 4.18. The minimum atomic E-state index is -1.28. The van der Waals surface area contributed by atoms with Gasteiger partial charge in [-0.25, -0.2) is 4.98 Å². The van der Waals surface area contributed by atoms with Gasteiger partial charge in [0.25, 0.3) is 0 Å². The standard InChI is InChI=1S/C11H16N2O3/c1-16-10-4-2-3-8(13-10)11(15)5-6-12-7-9(11)14/h2-4,9,12,14-15H,5-7H2,1H3/t9-,11-/m0/s1. The lowest BCUT2D eigenvalue weighted by Gasteiger charge is -2.36. The predicted molar refractivity (Wildman–Crippen MR) is 58.2 cm³/mol. The minimum Gasteiger partial charge on any atom is -0.481 e. The van der Waals surface area contributed by atoms with Gasteiger partial charge in [0.1, 0.15) is 11.7 Å². The van der Waals surface area contributed by atoms with Crippen LogP contribution in [-0.2, 0) is 5.60 Å². The number of aliphatic hydroxyl groups is 2. The molecular weight excluding hydrogens is 208 g/mol. The number of methoxy groups -OCH3 is 1. The van der Waals surface area contributed by atoms with E-state index >= 15 is 0 Å². The Morgan fingerprint density at radius 3 is 3.06 bits per heavy atom. The summed E-state index contributed by atoms with van der Waals surface area (Å²) in [5.41, 5.74) is -0.819. The molecule has 1 aliphatic rings. The lowest BCUT2D eigenvalue weighted by Crippen LogP contribution is -2.52. The van der Waals surface area contributed by atoms with Crippen molar-refractivity contribution in [1.82, 2.24) is 10.3 Å². The van der Waals surface area contributed by atoms with Crippen LogP contribution in [0.3, 0.4) is 0 Å². The Labute approximate surface area is 94.1 Å². The van der Waals surface area contributed by atoms with Gasteiger partial charge in [-0.3, -0.25) is 0 Å². The second-order valence-electron chi connectivity index (χ2n) is 3.96. The molecule has 1 aliphatic heterocycles. The highest BCUT2D eigenvalue weighted by molar-refractivity contribution is 5.22. The van der Waals surface area contributed by atoms with Crippen LogP contribution in [0.1, 0.15) is 12.1 Å². The van der Waals surface area contributed by atoms with E-state index in [2.05, 4.69) is 10.3 Å². The molecule has 1 aromatic heterocycles. The molecule has 5 heteroatoms. The fraction of sp³-hybridized carbons (Fsp3) is 0.545. The Balaban J connectivity index is 2.33. The minimum absolute atomic E-state index is 0.370. The van der Waals surface area contributed by atoms with Crippen LogP contribution in [0.4, 0.5) is 0 Å². The molecule has 1 saturated heterocycles. The highest BCUT2D eigenvalue weighted by Gasteiger charge is 2.40. The van der Waals surface area contributed by atoms with E-state index in [1.165, 1.54) is 7.11 Å². The van der Waals surface area contributed by atoms with Crippen molar-refractivity contribution >= 4 is 0 Å². The smallest absolute Gasteiger partial charge is 0.213 e. The van der Waals surface area contributed by atoms with Gasteiger partial charge in [0.2, 0.25) is 5.88 Å². The van der Waals surface area contributed by atoms with Gasteiger partial charge in [-0.05, 0) is 19.0 Å². The lowest BCUT2D eigenvalue weighted by molar-refractivity contribution is -0.101. The highest BCUT2D eigenvalue weighted by Crippen LogP contribution is 2.30. The number of piperidine rings is 1. The van der Waals surface area contributed by atoms with Gasteiger partial charge >= 0.3 is 0 Å². The fourth-order valence-electron chi connectivity index (χ4n) is 1.92. The molecule has 5 nitrogen and oxygen atoms in total. The number of hydrogen-bond acceptors (Lipinski definition) is 5. The Hall–Kier alpha value is -1.17. The number of aromatic nitrogens is 1. The third-order valence-electron chi connectivity index (χ3n) is 2.95. The molecule has 0 bridgehead atoms. The lowest BCUT2D eigenvalue weighted by atomic mass is 9.86. The number of ether oxygens (including phenoxy) is 1. The molecule has 0 aromatic carbocycles. The van der Waals surface area contributed by atoms with E-state index in [9.17, 15) is 10.2 Å². The second-order valence-corrected chi connectivity index (χ2v) is 3.96. The van der Waals surface area contributed by atoms with Crippen LogP contribution in [-0.4, -0.2) is 41.5 Å². The van der Waals surface area contributed by atoms with E-state index in [0.717, 1.165) is 0 Å². The molecule has 1 fully saturated rings. The number of nitrogens with zero attached hydrogens (tertiary/aromatic N) is 1. The molecule has 0 unspecified atom stereocenters. The number of rotatable bonds is 2. The van der Waals surface area contributed by atoms with E-state index in [4.69, 9.17) is 4.74 Å². The molecule has 3 N–H and O–H groups in total. The van der Waals surface area contributed by atoms with Crippen molar-refractivity contribution in [3.63, 3.8) is 0 Å². The van der Waals surface area contributed by atoms with Crippen LogP contribution in [0.25, 0.3) is 0 Å². The highest BCUT2D eigenvalue weighted by atomic mass is 16.5. The number of nitrogens with one attached hydrogen (secondary N) is 1. The van der Waals surface area contributed by atoms with Crippen LogP contribution in [0, 0.1) is 0 Å². The first-order valence-corrected chi connectivity index (χ1v) is 5.29. The summed E-state index contributed by atoms with van der Waals surface area (Å²) < 4.78 is 5.01. The average Bonchev–Trinajstić information content (AvgIpc) is 2.33. The number of β-amino-alcohol motifs (C(OH)–C–C–N with tert-alkyl or cyclic N) is 1. The number of aliphatic hydroxyl groups excluding tert-OH is 1. The zero-order valence-electron chi connectivity index (χ0n) is 9.18. The zero-order chi connectivity index (χ0) is 11.6. The van der Waals surface area contributed by atoms with Crippen LogP contribution in [0.5, 0.6) is 5.88 Å². The van der Waals surface area contributed by atoms with E-state index in [1.54, 1.807) is 18.2 Å². The van der Waals surface area contributed by atoms with Gasteiger partial charge in [-0.1, -0.05) is 6.07 Å². The Morgan fingerprint density at radius 1 is 1.56 bits per heavy atom. The van der Waals surface area contributed by atoms with Crippen molar-refractivity contribution in [3.8, 4) is 5.88 Å². The zero-order valence-corrected chi connectivity index (χ0v) is 9.18. The Kier molecular flexibility index (Phi) is 3.09. The second kappa shape index (κ2) is 4.37. The molecule has 0 saturated carbocycles. The maximum Gasteiger partial charge on any atom is 0.213 e. The van der Waals surface area contributed by atoms with Crippen LogP contribution in [0.2, 0.25) is 0 Å². The van der Waals surface area contributed by atoms with E-state index < -0.39 is 11.7 Å². The van der Waals surface area contributed by atoms with Crippen LogP contribution < -0.4 is 10.1 Å². The normalized spacial score (nSPS) is 30.1.